The van der Waals surface area contributed by atoms with E-state index in [2.05, 4.69) is 21.6 Å². The van der Waals surface area contributed by atoms with Crippen molar-refractivity contribution >= 4 is 5.71 Å². The molecule has 1 aliphatic rings. The molecule has 0 spiro atoms. The van der Waals surface area contributed by atoms with Crippen molar-refractivity contribution in [3.05, 3.63) is 18.2 Å². The van der Waals surface area contributed by atoms with Gasteiger partial charge < -0.3 is 14.5 Å². The Hall–Kier alpha value is -1.36. The molecule has 0 amide bonds. The van der Waals surface area contributed by atoms with E-state index >= 15 is 0 Å². The fraction of sp³-hybridized carbons (Fsp3) is 0.600. The van der Waals surface area contributed by atoms with Crippen LogP contribution in [0.4, 0.5) is 0 Å². The minimum atomic E-state index is -0.190. The number of oxime groups is 1. The van der Waals surface area contributed by atoms with Crippen LogP contribution in [-0.2, 0) is 11.4 Å². The molecule has 0 bridgehead atoms. The fourth-order valence-corrected chi connectivity index (χ4v) is 1.66. The van der Waals surface area contributed by atoms with E-state index < -0.39 is 0 Å². The maximum Gasteiger partial charge on any atom is 0.156 e. The Bertz CT molecular complexity index is 359. The molecule has 1 aromatic rings. The number of aryl methyl sites for hydroxylation is 1. The summed E-state index contributed by atoms with van der Waals surface area (Å²) in [6.07, 6.45) is 5.11. The highest BCUT2D eigenvalue weighted by molar-refractivity contribution is 5.99. The molecule has 1 atom stereocenters. The highest BCUT2D eigenvalue weighted by Crippen LogP contribution is 2.16. The number of aliphatic hydroxyl groups is 1. The lowest BCUT2D eigenvalue weighted by atomic mass is 10.1. The molecule has 2 heterocycles. The summed E-state index contributed by atoms with van der Waals surface area (Å²) in [6, 6.07) is 0. The van der Waals surface area contributed by atoms with E-state index in [1.807, 2.05) is 0 Å². The second-order valence-electron chi connectivity index (χ2n) is 3.62. The van der Waals surface area contributed by atoms with Gasteiger partial charge in [-0.25, -0.2) is 4.98 Å². The molecule has 1 N–H and O–H groups in total. The minimum Gasteiger partial charge on any atom is -0.392 e. The van der Waals surface area contributed by atoms with Crippen molar-refractivity contribution in [1.82, 2.24) is 9.55 Å². The van der Waals surface area contributed by atoms with Crippen molar-refractivity contribution in [2.24, 2.45) is 5.16 Å². The van der Waals surface area contributed by atoms with Crippen LogP contribution in [0.3, 0.4) is 0 Å². The van der Waals surface area contributed by atoms with E-state index in [1.165, 1.54) is 0 Å². The fourth-order valence-electron chi connectivity index (χ4n) is 1.66. The van der Waals surface area contributed by atoms with Gasteiger partial charge in [-0.3, -0.25) is 0 Å². The standard InChI is InChI=1S/C10H15N3O2/c1-2-3-13-7-11-5-10(13)9-4-8(6-14)15-12-9/h5,7-8,14H,2-4,6H2,1H3. The molecule has 0 saturated heterocycles. The van der Waals surface area contributed by atoms with Crippen LogP contribution in [-0.4, -0.2) is 33.1 Å². The van der Waals surface area contributed by atoms with Crippen LogP contribution >= 0.6 is 0 Å². The zero-order chi connectivity index (χ0) is 10.7. The molecule has 0 aliphatic carbocycles. The summed E-state index contributed by atoms with van der Waals surface area (Å²) < 4.78 is 2.06. The SMILES string of the molecule is CCCn1cncc1C1=NOC(CO)C1. The van der Waals surface area contributed by atoms with Crippen molar-refractivity contribution in [1.29, 1.82) is 0 Å². The molecular formula is C10H15N3O2. The van der Waals surface area contributed by atoms with Gasteiger partial charge in [-0.2, -0.15) is 0 Å². The van der Waals surface area contributed by atoms with Crippen LogP contribution in [0, 0.1) is 0 Å². The van der Waals surface area contributed by atoms with Gasteiger partial charge in [-0.05, 0) is 6.42 Å². The van der Waals surface area contributed by atoms with Gasteiger partial charge in [-0.15, -0.1) is 0 Å². The Morgan fingerprint density at radius 2 is 2.53 bits per heavy atom. The van der Waals surface area contributed by atoms with E-state index in [4.69, 9.17) is 9.94 Å². The molecule has 15 heavy (non-hydrogen) atoms. The molecule has 1 unspecified atom stereocenters. The largest absolute Gasteiger partial charge is 0.392 e. The van der Waals surface area contributed by atoms with Crippen molar-refractivity contribution in [2.75, 3.05) is 6.61 Å². The number of aromatic nitrogens is 2. The molecule has 0 fully saturated rings. The van der Waals surface area contributed by atoms with Crippen LogP contribution in [0.2, 0.25) is 0 Å². The molecule has 82 valence electrons. The van der Waals surface area contributed by atoms with Crippen molar-refractivity contribution in [2.45, 2.75) is 32.4 Å². The molecule has 0 aromatic carbocycles. The molecule has 1 aromatic heterocycles. The Balaban J connectivity index is 2.13. The third-order valence-corrected chi connectivity index (χ3v) is 2.41. The molecular weight excluding hydrogens is 194 g/mol. The summed E-state index contributed by atoms with van der Waals surface area (Å²) in [6.45, 7) is 3.06. The smallest absolute Gasteiger partial charge is 0.156 e. The summed E-state index contributed by atoms with van der Waals surface area (Å²) in [5.41, 5.74) is 1.87. The van der Waals surface area contributed by atoms with E-state index in [0.717, 1.165) is 24.4 Å². The quantitative estimate of drug-likeness (QED) is 0.797. The number of rotatable bonds is 4. The molecule has 0 radical (unpaired) electrons. The number of aliphatic hydroxyl groups excluding tert-OH is 1. The lowest BCUT2D eigenvalue weighted by molar-refractivity contribution is 0.0390. The summed E-state index contributed by atoms with van der Waals surface area (Å²) in [5.74, 6) is 0. The minimum absolute atomic E-state index is 0.00884. The lowest BCUT2D eigenvalue weighted by Crippen LogP contribution is -2.14. The highest BCUT2D eigenvalue weighted by Gasteiger charge is 2.23. The summed E-state index contributed by atoms with van der Waals surface area (Å²) >= 11 is 0. The van der Waals surface area contributed by atoms with Gasteiger partial charge in [0.25, 0.3) is 0 Å². The second kappa shape index (κ2) is 4.44. The zero-order valence-corrected chi connectivity index (χ0v) is 8.76. The maximum atomic E-state index is 8.93. The predicted octanol–water partition coefficient (Wildman–Crippen LogP) is 0.778. The zero-order valence-electron chi connectivity index (χ0n) is 8.76. The first-order valence-electron chi connectivity index (χ1n) is 5.19. The van der Waals surface area contributed by atoms with Gasteiger partial charge in [0.15, 0.2) is 6.10 Å². The Labute approximate surface area is 88.4 Å². The van der Waals surface area contributed by atoms with Crippen LogP contribution in [0.15, 0.2) is 17.7 Å². The lowest BCUT2D eigenvalue weighted by Gasteiger charge is -2.05. The summed E-state index contributed by atoms with van der Waals surface area (Å²) in [7, 11) is 0. The first-order chi connectivity index (χ1) is 7.35. The normalized spacial score (nSPS) is 20.1. The third kappa shape index (κ3) is 2.02. The Kier molecular flexibility index (Phi) is 3.01. The van der Waals surface area contributed by atoms with E-state index in [0.29, 0.717) is 6.42 Å². The van der Waals surface area contributed by atoms with Gasteiger partial charge in [0, 0.05) is 13.0 Å². The molecule has 5 nitrogen and oxygen atoms in total. The first-order valence-corrected chi connectivity index (χ1v) is 5.19. The summed E-state index contributed by atoms with van der Waals surface area (Å²) in [4.78, 5) is 9.17. The van der Waals surface area contributed by atoms with Gasteiger partial charge in [0.1, 0.15) is 5.71 Å². The first kappa shape index (κ1) is 10.2. The summed E-state index contributed by atoms with van der Waals surface area (Å²) in [5, 5.41) is 12.9. The van der Waals surface area contributed by atoms with Crippen molar-refractivity contribution in [3.8, 4) is 0 Å². The highest BCUT2D eigenvalue weighted by atomic mass is 16.6. The average molecular weight is 209 g/mol. The van der Waals surface area contributed by atoms with E-state index in [-0.39, 0.29) is 12.7 Å². The number of imidazole rings is 1. The molecule has 0 saturated carbocycles. The predicted molar refractivity (Wildman–Crippen MR) is 55.6 cm³/mol. The van der Waals surface area contributed by atoms with Gasteiger partial charge in [0.2, 0.25) is 0 Å². The number of nitrogens with zero attached hydrogens (tertiary/aromatic N) is 3. The molecule has 5 heteroatoms. The van der Waals surface area contributed by atoms with Crippen molar-refractivity contribution in [3.63, 3.8) is 0 Å². The Morgan fingerprint density at radius 3 is 3.20 bits per heavy atom. The van der Waals surface area contributed by atoms with Gasteiger partial charge in [0.05, 0.1) is 24.8 Å². The monoisotopic (exact) mass is 209 g/mol. The van der Waals surface area contributed by atoms with Crippen LogP contribution in [0.1, 0.15) is 25.5 Å². The Morgan fingerprint density at radius 1 is 1.67 bits per heavy atom. The topological polar surface area (TPSA) is 59.6 Å². The molecule has 1 aliphatic heterocycles. The van der Waals surface area contributed by atoms with Crippen molar-refractivity contribution < 1.29 is 9.94 Å². The van der Waals surface area contributed by atoms with E-state index in [9.17, 15) is 0 Å². The number of hydrogen-bond donors (Lipinski definition) is 1. The second-order valence-corrected chi connectivity index (χ2v) is 3.62. The van der Waals surface area contributed by atoms with Gasteiger partial charge in [-0.1, -0.05) is 12.1 Å². The van der Waals surface area contributed by atoms with Crippen LogP contribution < -0.4 is 0 Å². The average Bonchev–Trinajstić information content (AvgIpc) is 2.85. The van der Waals surface area contributed by atoms with Crippen LogP contribution in [0.5, 0.6) is 0 Å². The molecule has 2 rings (SSSR count). The third-order valence-electron chi connectivity index (χ3n) is 2.41. The number of hydrogen-bond acceptors (Lipinski definition) is 4. The van der Waals surface area contributed by atoms with Crippen LogP contribution in [0.25, 0.3) is 0 Å². The van der Waals surface area contributed by atoms with E-state index in [1.54, 1.807) is 12.5 Å². The van der Waals surface area contributed by atoms with Gasteiger partial charge >= 0.3 is 0 Å². The maximum absolute atomic E-state index is 8.93.